The monoisotopic (exact) mass is 273 g/mol. The number of anilines is 2. The number of benzene rings is 1. The maximum Gasteiger partial charge on any atom is 0.162 e. The molecule has 0 saturated heterocycles. The second kappa shape index (κ2) is 6.14. The summed E-state index contributed by atoms with van der Waals surface area (Å²) in [7, 11) is 3.19. The molecule has 5 nitrogen and oxygen atoms in total. The molecule has 0 spiro atoms. The van der Waals surface area contributed by atoms with Gasteiger partial charge in [0.05, 0.1) is 25.6 Å². The first-order chi connectivity index (χ1) is 9.65. The molecule has 2 aromatic rings. The number of rotatable bonds is 5. The third-order valence-electron chi connectivity index (χ3n) is 3.13. The number of nitrogens with zero attached hydrogens (tertiary/aromatic N) is 1. The van der Waals surface area contributed by atoms with E-state index in [0.717, 1.165) is 11.3 Å². The molecule has 5 heteroatoms. The Balaban J connectivity index is 2.25. The lowest BCUT2D eigenvalue weighted by atomic mass is 10.1. The molecule has 0 bridgehead atoms. The average molecular weight is 273 g/mol. The fourth-order valence-electron chi connectivity index (χ4n) is 1.99. The molecule has 2 rings (SSSR count). The third kappa shape index (κ3) is 2.93. The van der Waals surface area contributed by atoms with Crippen LogP contribution in [0, 0.1) is 0 Å². The van der Waals surface area contributed by atoms with Crippen molar-refractivity contribution in [2.75, 3.05) is 25.3 Å². The van der Waals surface area contributed by atoms with Crippen molar-refractivity contribution in [3.63, 3.8) is 0 Å². The lowest BCUT2D eigenvalue weighted by Crippen LogP contribution is -2.09. The van der Waals surface area contributed by atoms with Crippen LogP contribution >= 0.6 is 0 Å². The van der Waals surface area contributed by atoms with Gasteiger partial charge in [-0.25, -0.2) is 0 Å². The highest BCUT2D eigenvalue weighted by Crippen LogP contribution is 2.36. The maximum absolute atomic E-state index is 6.04. The van der Waals surface area contributed by atoms with Gasteiger partial charge in [0, 0.05) is 30.6 Å². The molecule has 0 aliphatic heterocycles. The van der Waals surface area contributed by atoms with E-state index in [2.05, 4.69) is 17.2 Å². The molecule has 0 radical (unpaired) electrons. The van der Waals surface area contributed by atoms with E-state index in [1.54, 1.807) is 32.7 Å². The number of hydrogen-bond acceptors (Lipinski definition) is 5. The van der Waals surface area contributed by atoms with Gasteiger partial charge in [-0.3, -0.25) is 4.98 Å². The first-order valence-electron chi connectivity index (χ1n) is 6.33. The Kier molecular flexibility index (Phi) is 4.30. The van der Waals surface area contributed by atoms with Crippen LogP contribution in [0.15, 0.2) is 36.7 Å². The summed E-state index contributed by atoms with van der Waals surface area (Å²) in [5.41, 5.74) is 8.60. The number of methoxy groups -OCH3 is 2. The van der Waals surface area contributed by atoms with Gasteiger partial charge in [-0.05, 0) is 24.6 Å². The molecule has 0 fully saturated rings. The Morgan fingerprint density at radius 2 is 1.70 bits per heavy atom. The van der Waals surface area contributed by atoms with Gasteiger partial charge in [0.2, 0.25) is 0 Å². The van der Waals surface area contributed by atoms with Crippen molar-refractivity contribution in [2.45, 2.75) is 13.0 Å². The van der Waals surface area contributed by atoms with Crippen molar-refractivity contribution >= 4 is 11.4 Å². The summed E-state index contributed by atoms with van der Waals surface area (Å²) in [6.07, 6.45) is 3.54. The average Bonchev–Trinajstić information content (AvgIpc) is 2.49. The molecular weight excluding hydrogens is 254 g/mol. The van der Waals surface area contributed by atoms with Crippen LogP contribution < -0.4 is 20.5 Å². The first-order valence-corrected chi connectivity index (χ1v) is 6.33. The summed E-state index contributed by atoms with van der Waals surface area (Å²) < 4.78 is 10.5. The topological polar surface area (TPSA) is 69.4 Å². The zero-order valence-corrected chi connectivity index (χ0v) is 11.9. The van der Waals surface area contributed by atoms with Crippen LogP contribution in [0.4, 0.5) is 11.4 Å². The van der Waals surface area contributed by atoms with E-state index in [9.17, 15) is 0 Å². The minimum absolute atomic E-state index is 0.110. The second-order valence-corrected chi connectivity index (χ2v) is 4.44. The number of nitrogen functional groups attached to an aromatic ring is 1. The zero-order chi connectivity index (χ0) is 14.5. The summed E-state index contributed by atoms with van der Waals surface area (Å²) >= 11 is 0. The number of pyridine rings is 1. The second-order valence-electron chi connectivity index (χ2n) is 4.44. The lowest BCUT2D eigenvalue weighted by molar-refractivity contribution is 0.355. The summed E-state index contributed by atoms with van der Waals surface area (Å²) in [6.45, 7) is 2.06. The first kappa shape index (κ1) is 14.0. The number of aromatic nitrogens is 1. The normalized spacial score (nSPS) is 11.8. The molecule has 0 amide bonds. The molecule has 1 unspecified atom stereocenters. The molecule has 1 aromatic carbocycles. The van der Waals surface area contributed by atoms with Crippen molar-refractivity contribution in [3.05, 3.63) is 42.2 Å². The van der Waals surface area contributed by atoms with Gasteiger partial charge in [0.15, 0.2) is 11.5 Å². The third-order valence-corrected chi connectivity index (χ3v) is 3.13. The minimum Gasteiger partial charge on any atom is -0.493 e. The Morgan fingerprint density at radius 3 is 2.30 bits per heavy atom. The Bertz CT molecular complexity index is 573. The number of ether oxygens (including phenoxy) is 2. The van der Waals surface area contributed by atoms with Gasteiger partial charge in [0.25, 0.3) is 0 Å². The van der Waals surface area contributed by atoms with Crippen molar-refractivity contribution in [3.8, 4) is 11.5 Å². The minimum atomic E-state index is 0.110. The summed E-state index contributed by atoms with van der Waals surface area (Å²) in [5.74, 6) is 1.26. The van der Waals surface area contributed by atoms with Crippen LogP contribution in [-0.4, -0.2) is 19.2 Å². The molecule has 0 saturated carbocycles. The van der Waals surface area contributed by atoms with E-state index < -0.39 is 0 Å². The van der Waals surface area contributed by atoms with Gasteiger partial charge >= 0.3 is 0 Å². The molecule has 1 heterocycles. The summed E-state index contributed by atoms with van der Waals surface area (Å²) in [5, 5.41) is 3.36. The Labute approximate surface area is 118 Å². The van der Waals surface area contributed by atoms with E-state index >= 15 is 0 Å². The SMILES string of the molecule is COc1cc(N)c(NC(C)c2ccncc2)cc1OC. The maximum atomic E-state index is 6.04. The smallest absolute Gasteiger partial charge is 0.162 e. The van der Waals surface area contributed by atoms with Crippen LogP contribution in [0.2, 0.25) is 0 Å². The van der Waals surface area contributed by atoms with Crippen LogP contribution in [0.5, 0.6) is 11.5 Å². The summed E-state index contributed by atoms with van der Waals surface area (Å²) in [6, 6.07) is 7.63. The van der Waals surface area contributed by atoms with Gasteiger partial charge in [-0.1, -0.05) is 0 Å². The largest absolute Gasteiger partial charge is 0.493 e. The van der Waals surface area contributed by atoms with E-state index in [1.165, 1.54) is 0 Å². The van der Waals surface area contributed by atoms with Crippen molar-refractivity contribution in [2.24, 2.45) is 0 Å². The van der Waals surface area contributed by atoms with Gasteiger partial charge < -0.3 is 20.5 Å². The quantitative estimate of drug-likeness (QED) is 0.820. The molecule has 20 heavy (non-hydrogen) atoms. The molecule has 1 atom stereocenters. The fraction of sp³-hybridized carbons (Fsp3) is 0.267. The highest BCUT2D eigenvalue weighted by atomic mass is 16.5. The number of hydrogen-bond donors (Lipinski definition) is 2. The Hall–Kier alpha value is -2.43. The van der Waals surface area contributed by atoms with Crippen molar-refractivity contribution in [1.82, 2.24) is 4.98 Å². The Morgan fingerprint density at radius 1 is 1.10 bits per heavy atom. The molecular formula is C15H19N3O2. The van der Waals surface area contributed by atoms with Crippen LogP contribution in [-0.2, 0) is 0 Å². The number of nitrogens with two attached hydrogens (primary N) is 1. The predicted octanol–water partition coefficient (Wildman–Crippen LogP) is 2.85. The molecule has 3 N–H and O–H groups in total. The van der Waals surface area contributed by atoms with Crippen molar-refractivity contribution < 1.29 is 9.47 Å². The zero-order valence-electron chi connectivity index (χ0n) is 11.9. The van der Waals surface area contributed by atoms with Crippen LogP contribution in [0.25, 0.3) is 0 Å². The molecule has 0 aliphatic carbocycles. The predicted molar refractivity (Wildman–Crippen MR) is 80.2 cm³/mol. The molecule has 106 valence electrons. The highest BCUT2D eigenvalue weighted by Gasteiger charge is 2.12. The van der Waals surface area contributed by atoms with Gasteiger partial charge in [-0.2, -0.15) is 0 Å². The molecule has 1 aromatic heterocycles. The molecule has 0 aliphatic rings. The van der Waals surface area contributed by atoms with Crippen LogP contribution in [0.1, 0.15) is 18.5 Å². The number of nitrogens with one attached hydrogen (secondary N) is 1. The fourth-order valence-corrected chi connectivity index (χ4v) is 1.99. The van der Waals surface area contributed by atoms with E-state index in [4.69, 9.17) is 15.2 Å². The van der Waals surface area contributed by atoms with Crippen molar-refractivity contribution in [1.29, 1.82) is 0 Å². The van der Waals surface area contributed by atoms with E-state index in [-0.39, 0.29) is 6.04 Å². The van der Waals surface area contributed by atoms with E-state index in [1.807, 2.05) is 18.2 Å². The summed E-state index contributed by atoms with van der Waals surface area (Å²) in [4.78, 5) is 4.01. The standard InChI is InChI=1S/C15H19N3O2/c1-10(11-4-6-17-7-5-11)18-13-9-15(20-3)14(19-2)8-12(13)16/h4-10,18H,16H2,1-3H3. The van der Waals surface area contributed by atoms with Gasteiger partial charge in [0.1, 0.15) is 0 Å². The van der Waals surface area contributed by atoms with Gasteiger partial charge in [-0.15, -0.1) is 0 Å². The highest BCUT2D eigenvalue weighted by molar-refractivity contribution is 5.72. The van der Waals surface area contributed by atoms with E-state index in [0.29, 0.717) is 17.2 Å². The lowest BCUT2D eigenvalue weighted by Gasteiger charge is -2.19. The van der Waals surface area contributed by atoms with Crippen LogP contribution in [0.3, 0.4) is 0 Å².